The molecule has 0 saturated carbocycles. The Morgan fingerprint density at radius 3 is 1.91 bits per heavy atom. The van der Waals surface area contributed by atoms with Crippen LogP contribution < -0.4 is 0 Å². The largest absolute Gasteiger partial charge is 0.414 e. The van der Waals surface area contributed by atoms with Crippen molar-refractivity contribution in [2.45, 2.75) is 76.2 Å². The fourth-order valence-electron chi connectivity index (χ4n) is 3.56. The molecule has 2 aromatic carbocycles. The van der Waals surface area contributed by atoms with Crippen LogP contribution in [0.5, 0.6) is 0 Å². The molecule has 0 spiro atoms. The second-order valence-corrected chi connectivity index (χ2v) is 15.0. The highest BCUT2D eigenvalue weighted by Gasteiger charge is 2.56. The Labute approximate surface area is 198 Å². The average molecular weight is 475 g/mol. The first-order chi connectivity index (χ1) is 15.6. The van der Waals surface area contributed by atoms with Gasteiger partial charge in [0.15, 0.2) is 8.32 Å². The van der Waals surface area contributed by atoms with Crippen molar-refractivity contribution in [2.75, 3.05) is 13.2 Å². The number of hydrogen-bond donors (Lipinski definition) is 2. The van der Waals surface area contributed by atoms with E-state index in [1.54, 1.807) is 0 Å². The van der Waals surface area contributed by atoms with E-state index in [9.17, 15) is 10.2 Å². The molecule has 1 saturated heterocycles. The molecule has 182 valence electrons. The first-order valence-corrected chi connectivity index (χ1v) is 14.4. The normalized spacial score (nSPS) is 26.0. The van der Waals surface area contributed by atoms with Crippen LogP contribution in [0.15, 0.2) is 60.7 Å². The van der Waals surface area contributed by atoms with Gasteiger partial charge < -0.3 is 28.8 Å². The third-order valence-corrected chi connectivity index (χ3v) is 11.2. The van der Waals surface area contributed by atoms with Crippen LogP contribution in [0.2, 0.25) is 18.1 Å². The van der Waals surface area contributed by atoms with Crippen LogP contribution in [-0.2, 0) is 31.9 Å². The lowest BCUT2D eigenvalue weighted by Crippen LogP contribution is -2.48. The summed E-state index contributed by atoms with van der Waals surface area (Å²) in [4.78, 5) is 0. The molecule has 4 atom stereocenters. The molecule has 0 radical (unpaired) electrons. The molecular weight excluding hydrogens is 436 g/mol. The molecule has 6 nitrogen and oxygen atoms in total. The highest BCUT2D eigenvalue weighted by atomic mass is 28.4. The first kappa shape index (κ1) is 26.0. The first-order valence-electron chi connectivity index (χ1n) is 11.5. The summed E-state index contributed by atoms with van der Waals surface area (Å²) in [5.74, 6) is -1.88. The molecule has 0 bridgehead atoms. The fourth-order valence-corrected chi connectivity index (χ4v) is 4.57. The van der Waals surface area contributed by atoms with Crippen molar-refractivity contribution in [2.24, 2.45) is 0 Å². The van der Waals surface area contributed by atoms with E-state index in [-0.39, 0.29) is 18.3 Å². The molecule has 2 N–H and O–H groups in total. The van der Waals surface area contributed by atoms with Crippen LogP contribution in [0.4, 0.5) is 0 Å². The molecule has 1 fully saturated rings. The summed E-state index contributed by atoms with van der Waals surface area (Å²) in [6.45, 7) is 11.1. The van der Waals surface area contributed by atoms with E-state index in [2.05, 4.69) is 33.9 Å². The predicted molar refractivity (Wildman–Crippen MR) is 130 cm³/mol. The summed E-state index contributed by atoms with van der Waals surface area (Å²) >= 11 is 0. The molecule has 0 aliphatic carbocycles. The maximum Gasteiger partial charge on any atom is 0.219 e. The summed E-state index contributed by atoms with van der Waals surface area (Å²) in [5.41, 5.74) is 1.96. The summed E-state index contributed by atoms with van der Waals surface area (Å²) in [7, 11) is -2.06. The zero-order valence-electron chi connectivity index (χ0n) is 20.4. The second-order valence-electron chi connectivity index (χ2n) is 10.2. The van der Waals surface area contributed by atoms with E-state index in [0.29, 0.717) is 6.61 Å². The minimum atomic E-state index is -2.06. The highest BCUT2D eigenvalue weighted by molar-refractivity contribution is 6.74. The Morgan fingerprint density at radius 1 is 0.909 bits per heavy atom. The van der Waals surface area contributed by atoms with Crippen LogP contribution in [0.1, 0.15) is 31.9 Å². The summed E-state index contributed by atoms with van der Waals surface area (Å²) in [5, 5.41) is 21.2. The van der Waals surface area contributed by atoms with Gasteiger partial charge in [-0.05, 0) is 29.3 Å². The van der Waals surface area contributed by atoms with Crippen molar-refractivity contribution < 1.29 is 28.8 Å². The minimum absolute atomic E-state index is 0.0302. The molecule has 0 unspecified atom stereocenters. The van der Waals surface area contributed by atoms with E-state index in [1.165, 1.54) is 0 Å². The average Bonchev–Trinajstić information content (AvgIpc) is 3.07. The van der Waals surface area contributed by atoms with Gasteiger partial charge in [-0.1, -0.05) is 81.4 Å². The number of aliphatic hydroxyl groups is 2. The number of benzene rings is 2. The van der Waals surface area contributed by atoms with E-state index < -0.39 is 39.0 Å². The molecule has 7 heteroatoms. The quantitative estimate of drug-likeness (QED) is 0.501. The molecule has 33 heavy (non-hydrogen) atoms. The molecule has 3 rings (SSSR count). The van der Waals surface area contributed by atoms with Crippen molar-refractivity contribution in [1.82, 2.24) is 0 Å². The van der Waals surface area contributed by atoms with Crippen LogP contribution in [0.3, 0.4) is 0 Å². The lowest BCUT2D eigenvalue weighted by atomic mass is 10.0. The maximum absolute atomic E-state index is 11.1. The third kappa shape index (κ3) is 6.51. The van der Waals surface area contributed by atoms with Gasteiger partial charge in [0.1, 0.15) is 18.3 Å². The van der Waals surface area contributed by atoms with Gasteiger partial charge in [0.25, 0.3) is 0 Å². The van der Waals surface area contributed by atoms with Gasteiger partial charge in [0, 0.05) is 0 Å². The molecule has 0 aromatic heterocycles. The summed E-state index contributed by atoms with van der Waals surface area (Å²) < 4.78 is 24.7. The SMILES string of the molecule is CC(C)(C)[Si](C)(C)OC[C@H]1O[C@](O)(CO)[C@@H](OCc2ccccc2)[C@@H]1OCc1ccccc1. The monoisotopic (exact) mass is 474 g/mol. The van der Waals surface area contributed by atoms with Gasteiger partial charge in [-0.3, -0.25) is 0 Å². The van der Waals surface area contributed by atoms with Crippen molar-refractivity contribution in [3.05, 3.63) is 71.8 Å². The number of hydrogen-bond acceptors (Lipinski definition) is 6. The number of ether oxygens (including phenoxy) is 3. The van der Waals surface area contributed by atoms with Crippen LogP contribution >= 0.6 is 0 Å². The molecule has 1 aliphatic rings. The van der Waals surface area contributed by atoms with Crippen LogP contribution in [-0.4, -0.2) is 55.8 Å². The second kappa shape index (κ2) is 10.8. The summed E-state index contributed by atoms with van der Waals surface area (Å²) in [6, 6.07) is 19.5. The lowest BCUT2D eigenvalue weighted by Gasteiger charge is -2.37. The Bertz CT molecular complexity index is 854. The topological polar surface area (TPSA) is 77.4 Å². The van der Waals surface area contributed by atoms with E-state index >= 15 is 0 Å². The van der Waals surface area contributed by atoms with Crippen LogP contribution in [0.25, 0.3) is 0 Å². The highest BCUT2D eigenvalue weighted by Crippen LogP contribution is 2.39. The molecular formula is C26H38O6Si. The standard InChI is InChI=1S/C26H38O6Si/c1-25(2,3)33(4,5)31-18-22-23(29-16-20-12-8-6-9-13-20)24(26(28,19-27)32-22)30-17-21-14-10-7-11-15-21/h6-15,22-24,27-28H,16-19H2,1-5H3/t22-,23-,24+,26-/m1/s1. The van der Waals surface area contributed by atoms with Crippen LogP contribution in [0, 0.1) is 0 Å². The molecule has 1 heterocycles. The fraction of sp³-hybridized carbons (Fsp3) is 0.538. The lowest BCUT2D eigenvalue weighted by molar-refractivity contribution is -0.258. The molecule has 2 aromatic rings. The third-order valence-electron chi connectivity index (χ3n) is 6.66. The van der Waals surface area contributed by atoms with Crippen molar-refractivity contribution in [1.29, 1.82) is 0 Å². The van der Waals surface area contributed by atoms with Gasteiger partial charge in [-0.25, -0.2) is 0 Å². The summed E-state index contributed by atoms with van der Waals surface area (Å²) in [6.07, 6.45) is -2.07. The number of rotatable bonds is 10. The predicted octanol–water partition coefficient (Wildman–Crippen LogP) is 4.26. The number of aliphatic hydroxyl groups excluding tert-OH is 1. The van der Waals surface area contributed by atoms with Crippen molar-refractivity contribution in [3.63, 3.8) is 0 Å². The smallest absolute Gasteiger partial charge is 0.219 e. The van der Waals surface area contributed by atoms with Crippen molar-refractivity contribution >= 4 is 8.32 Å². The van der Waals surface area contributed by atoms with E-state index in [4.69, 9.17) is 18.6 Å². The molecule has 0 amide bonds. The Morgan fingerprint density at radius 2 is 1.42 bits per heavy atom. The zero-order valence-corrected chi connectivity index (χ0v) is 21.4. The van der Waals surface area contributed by atoms with Gasteiger partial charge in [-0.2, -0.15) is 0 Å². The Balaban J connectivity index is 1.80. The Hall–Kier alpha value is -1.58. The van der Waals surface area contributed by atoms with E-state index in [1.807, 2.05) is 60.7 Å². The molecule has 1 aliphatic heterocycles. The van der Waals surface area contributed by atoms with Gasteiger partial charge in [-0.15, -0.1) is 0 Å². The minimum Gasteiger partial charge on any atom is -0.414 e. The van der Waals surface area contributed by atoms with Gasteiger partial charge in [0.05, 0.1) is 26.4 Å². The van der Waals surface area contributed by atoms with E-state index in [0.717, 1.165) is 11.1 Å². The van der Waals surface area contributed by atoms with Gasteiger partial charge in [0.2, 0.25) is 5.79 Å². The maximum atomic E-state index is 11.1. The Kier molecular flexibility index (Phi) is 8.50. The van der Waals surface area contributed by atoms with Gasteiger partial charge >= 0.3 is 0 Å². The zero-order chi connectivity index (χ0) is 24.1. The van der Waals surface area contributed by atoms with Crippen molar-refractivity contribution in [3.8, 4) is 0 Å².